The second-order valence-electron chi connectivity index (χ2n) is 6.28. The van der Waals surface area contributed by atoms with E-state index in [4.69, 9.17) is 15.2 Å². The number of nitrogens with two attached hydrogens (primary N) is 1. The normalized spacial score (nSPS) is 16.5. The van der Waals surface area contributed by atoms with Crippen LogP contribution < -0.4 is 15.2 Å². The average Bonchev–Trinajstić information content (AvgIpc) is 2.66. The Balaban J connectivity index is 0.00000243. The Morgan fingerprint density at radius 3 is 2.35 bits per heavy atom. The highest BCUT2D eigenvalue weighted by Gasteiger charge is 2.21. The molecule has 1 unspecified atom stereocenters. The number of nitrogens with zero attached hydrogens (tertiary/aromatic N) is 1. The van der Waals surface area contributed by atoms with Crippen molar-refractivity contribution in [3.05, 3.63) is 60.2 Å². The third-order valence-corrected chi connectivity index (χ3v) is 4.24. The van der Waals surface area contributed by atoms with E-state index in [-0.39, 0.29) is 31.0 Å². The van der Waals surface area contributed by atoms with Gasteiger partial charge in [-0.25, -0.2) is 0 Å². The Morgan fingerprint density at radius 2 is 1.69 bits per heavy atom. The summed E-state index contributed by atoms with van der Waals surface area (Å²) in [6.07, 6.45) is 1.94. The predicted molar refractivity (Wildman–Crippen MR) is 104 cm³/mol. The molecule has 2 aromatic rings. The molecule has 6 heteroatoms. The van der Waals surface area contributed by atoms with Gasteiger partial charge in [0.1, 0.15) is 18.1 Å². The Bertz CT molecular complexity index is 679. The lowest BCUT2D eigenvalue weighted by atomic mass is 10.1. The number of rotatable bonds is 6. The highest BCUT2D eigenvalue weighted by molar-refractivity contribution is 5.85. The molecule has 0 bridgehead atoms. The number of carbonyl (C=O) groups excluding carboxylic acids is 1. The van der Waals surface area contributed by atoms with E-state index in [9.17, 15) is 4.79 Å². The van der Waals surface area contributed by atoms with Crippen LogP contribution in [0, 0.1) is 0 Å². The fraction of sp³-hybridized carbons (Fsp3) is 0.350. The molecular formula is C20H25ClN2O3. The number of piperidine rings is 1. The molecule has 1 aliphatic rings. The van der Waals surface area contributed by atoms with Gasteiger partial charge in [-0.05, 0) is 42.7 Å². The van der Waals surface area contributed by atoms with Gasteiger partial charge in [-0.1, -0.05) is 30.3 Å². The maximum absolute atomic E-state index is 12.2. The van der Waals surface area contributed by atoms with Gasteiger partial charge in [0.05, 0.1) is 0 Å². The molecule has 1 amide bonds. The fourth-order valence-corrected chi connectivity index (χ4v) is 2.85. The van der Waals surface area contributed by atoms with Crippen LogP contribution in [0.3, 0.4) is 0 Å². The number of likely N-dealkylation sites (tertiary alicyclic amines) is 1. The zero-order valence-electron chi connectivity index (χ0n) is 14.7. The third-order valence-electron chi connectivity index (χ3n) is 4.24. The molecule has 2 aromatic carbocycles. The van der Waals surface area contributed by atoms with Crippen molar-refractivity contribution in [3.8, 4) is 11.5 Å². The van der Waals surface area contributed by atoms with Gasteiger partial charge >= 0.3 is 0 Å². The molecule has 1 heterocycles. The van der Waals surface area contributed by atoms with E-state index in [1.54, 1.807) is 4.90 Å². The summed E-state index contributed by atoms with van der Waals surface area (Å²) in [5.41, 5.74) is 7.03. The lowest BCUT2D eigenvalue weighted by molar-refractivity contribution is -0.134. The SMILES string of the molecule is Cl.NC1CCCN(C(=O)COc2ccc(OCc3ccccc3)cc2)C1. The smallest absolute Gasteiger partial charge is 0.260 e. The van der Waals surface area contributed by atoms with Gasteiger partial charge in [0, 0.05) is 19.1 Å². The van der Waals surface area contributed by atoms with Crippen molar-refractivity contribution in [3.63, 3.8) is 0 Å². The van der Waals surface area contributed by atoms with Crippen molar-refractivity contribution < 1.29 is 14.3 Å². The Hall–Kier alpha value is -2.24. The van der Waals surface area contributed by atoms with Gasteiger partial charge in [-0.2, -0.15) is 0 Å². The Morgan fingerprint density at radius 1 is 1.04 bits per heavy atom. The zero-order chi connectivity index (χ0) is 17.5. The maximum atomic E-state index is 12.2. The topological polar surface area (TPSA) is 64.8 Å². The summed E-state index contributed by atoms with van der Waals surface area (Å²) in [7, 11) is 0. The first-order chi connectivity index (χ1) is 12.2. The molecule has 0 saturated carbocycles. The summed E-state index contributed by atoms with van der Waals surface area (Å²) in [6, 6.07) is 17.4. The second-order valence-corrected chi connectivity index (χ2v) is 6.28. The molecular weight excluding hydrogens is 352 g/mol. The van der Waals surface area contributed by atoms with Crippen molar-refractivity contribution in [1.29, 1.82) is 0 Å². The van der Waals surface area contributed by atoms with Crippen molar-refractivity contribution in [2.24, 2.45) is 5.73 Å². The second kappa shape index (κ2) is 10.0. The van der Waals surface area contributed by atoms with Crippen LogP contribution >= 0.6 is 12.4 Å². The molecule has 0 aromatic heterocycles. The fourth-order valence-electron chi connectivity index (χ4n) is 2.85. The number of ether oxygens (including phenoxy) is 2. The van der Waals surface area contributed by atoms with Crippen LogP contribution in [0.15, 0.2) is 54.6 Å². The Labute approximate surface area is 160 Å². The molecule has 26 heavy (non-hydrogen) atoms. The zero-order valence-corrected chi connectivity index (χ0v) is 15.5. The number of carbonyl (C=O) groups is 1. The van der Waals surface area contributed by atoms with E-state index < -0.39 is 0 Å². The van der Waals surface area contributed by atoms with Crippen LogP contribution in [0.2, 0.25) is 0 Å². The van der Waals surface area contributed by atoms with Crippen LogP contribution in [-0.4, -0.2) is 36.5 Å². The number of halogens is 1. The van der Waals surface area contributed by atoms with Crippen LogP contribution in [0.25, 0.3) is 0 Å². The largest absolute Gasteiger partial charge is 0.489 e. The molecule has 1 aliphatic heterocycles. The van der Waals surface area contributed by atoms with Crippen molar-refractivity contribution in [2.45, 2.75) is 25.5 Å². The van der Waals surface area contributed by atoms with E-state index in [2.05, 4.69) is 0 Å². The average molecular weight is 377 g/mol. The number of benzene rings is 2. The lowest BCUT2D eigenvalue weighted by Crippen LogP contribution is -2.47. The quantitative estimate of drug-likeness (QED) is 0.841. The molecule has 140 valence electrons. The summed E-state index contributed by atoms with van der Waals surface area (Å²) >= 11 is 0. The summed E-state index contributed by atoms with van der Waals surface area (Å²) < 4.78 is 11.3. The molecule has 0 radical (unpaired) electrons. The summed E-state index contributed by atoms with van der Waals surface area (Å²) in [6.45, 7) is 1.95. The Kier molecular flexibility index (Phi) is 7.75. The van der Waals surface area contributed by atoms with Gasteiger partial charge < -0.3 is 20.1 Å². The van der Waals surface area contributed by atoms with E-state index in [1.807, 2.05) is 54.6 Å². The van der Waals surface area contributed by atoms with E-state index >= 15 is 0 Å². The number of hydrogen-bond acceptors (Lipinski definition) is 4. The first-order valence-corrected chi connectivity index (χ1v) is 8.63. The van der Waals surface area contributed by atoms with E-state index in [1.165, 1.54) is 0 Å². The van der Waals surface area contributed by atoms with Crippen molar-refractivity contribution >= 4 is 18.3 Å². The highest BCUT2D eigenvalue weighted by Crippen LogP contribution is 2.19. The maximum Gasteiger partial charge on any atom is 0.260 e. The van der Waals surface area contributed by atoms with Crippen LogP contribution in [0.4, 0.5) is 0 Å². The first kappa shape index (κ1) is 20.1. The number of hydrogen-bond donors (Lipinski definition) is 1. The van der Waals surface area contributed by atoms with Gasteiger partial charge in [-0.3, -0.25) is 4.79 Å². The molecule has 1 saturated heterocycles. The molecule has 1 fully saturated rings. The minimum atomic E-state index is -0.0143. The summed E-state index contributed by atoms with van der Waals surface area (Å²) in [5.74, 6) is 1.41. The van der Waals surface area contributed by atoms with Gasteiger partial charge in [0.15, 0.2) is 6.61 Å². The molecule has 0 spiro atoms. The van der Waals surface area contributed by atoms with Gasteiger partial charge in [0.25, 0.3) is 5.91 Å². The van der Waals surface area contributed by atoms with E-state index in [0.717, 1.165) is 30.7 Å². The first-order valence-electron chi connectivity index (χ1n) is 8.63. The van der Waals surface area contributed by atoms with Crippen LogP contribution in [-0.2, 0) is 11.4 Å². The molecule has 1 atom stereocenters. The predicted octanol–water partition coefficient (Wildman–Crippen LogP) is 3.02. The van der Waals surface area contributed by atoms with Crippen LogP contribution in [0.1, 0.15) is 18.4 Å². The molecule has 2 N–H and O–H groups in total. The highest BCUT2D eigenvalue weighted by atomic mass is 35.5. The van der Waals surface area contributed by atoms with Crippen molar-refractivity contribution in [2.75, 3.05) is 19.7 Å². The van der Waals surface area contributed by atoms with E-state index in [0.29, 0.717) is 18.9 Å². The molecule has 0 aliphatic carbocycles. The third kappa shape index (κ3) is 5.93. The summed E-state index contributed by atoms with van der Waals surface area (Å²) in [4.78, 5) is 13.9. The van der Waals surface area contributed by atoms with Gasteiger partial charge in [-0.15, -0.1) is 12.4 Å². The standard InChI is InChI=1S/C20H24N2O3.ClH/c21-17-7-4-12-22(13-17)20(23)15-25-19-10-8-18(9-11-19)24-14-16-5-2-1-3-6-16;/h1-3,5-6,8-11,17H,4,7,12-15,21H2;1H. The van der Waals surface area contributed by atoms with Crippen LogP contribution in [0.5, 0.6) is 11.5 Å². The minimum Gasteiger partial charge on any atom is -0.489 e. The number of amides is 1. The molecule has 3 rings (SSSR count). The lowest BCUT2D eigenvalue weighted by Gasteiger charge is -2.30. The monoisotopic (exact) mass is 376 g/mol. The molecule has 5 nitrogen and oxygen atoms in total. The van der Waals surface area contributed by atoms with Crippen molar-refractivity contribution in [1.82, 2.24) is 4.90 Å². The summed E-state index contributed by atoms with van der Waals surface area (Å²) in [5, 5.41) is 0. The minimum absolute atomic E-state index is 0. The van der Waals surface area contributed by atoms with Gasteiger partial charge in [0.2, 0.25) is 0 Å².